The van der Waals surface area contributed by atoms with Gasteiger partial charge < -0.3 is 5.73 Å². The minimum absolute atomic E-state index is 0.268. The molecule has 0 unspecified atom stereocenters. The number of anilines is 1. The summed E-state index contributed by atoms with van der Waals surface area (Å²) in [5, 5.41) is 5.15. The highest BCUT2D eigenvalue weighted by atomic mass is 32.2. The predicted molar refractivity (Wildman–Crippen MR) is 67.3 cm³/mol. The minimum atomic E-state index is -3.46. The maximum atomic E-state index is 11.9. The molecular weight excluding hydrogens is 264 g/mol. The molecule has 7 heteroatoms. The highest BCUT2D eigenvalue weighted by molar-refractivity contribution is 7.92. The van der Waals surface area contributed by atoms with E-state index in [1.165, 1.54) is 22.7 Å². The first-order chi connectivity index (χ1) is 7.62. The van der Waals surface area contributed by atoms with Gasteiger partial charge in [0.2, 0.25) is 0 Å². The van der Waals surface area contributed by atoms with Crippen molar-refractivity contribution in [2.75, 3.05) is 4.72 Å². The summed E-state index contributed by atoms with van der Waals surface area (Å²) in [7, 11) is -3.46. The van der Waals surface area contributed by atoms with Gasteiger partial charge >= 0.3 is 0 Å². The van der Waals surface area contributed by atoms with Crippen LogP contribution in [0.1, 0.15) is 4.88 Å². The first-order valence-corrected chi connectivity index (χ1v) is 7.75. The number of hydrogen-bond acceptors (Lipinski definition) is 5. The summed E-state index contributed by atoms with van der Waals surface area (Å²) in [6, 6.07) is 3.32. The van der Waals surface area contributed by atoms with Crippen molar-refractivity contribution in [3.63, 3.8) is 0 Å². The third kappa shape index (κ3) is 2.43. The standard InChI is InChI=1S/C9H10N2O2S3/c10-4-8-3-9(6-15-8)16(12,13)11-7-1-2-14-5-7/h1-3,5-6,11H,4,10H2. The summed E-state index contributed by atoms with van der Waals surface area (Å²) in [5.41, 5.74) is 6.03. The van der Waals surface area contributed by atoms with Crippen molar-refractivity contribution >= 4 is 38.4 Å². The zero-order valence-corrected chi connectivity index (χ0v) is 10.7. The number of rotatable bonds is 4. The van der Waals surface area contributed by atoms with Crippen LogP contribution >= 0.6 is 22.7 Å². The van der Waals surface area contributed by atoms with Crippen molar-refractivity contribution in [2.45, 2.75) is 11.4 Å². The van der Waals surface area contributed by atoms with Crippen molar-refractivity contribution in [3.8, 4) is 0 Å². The maximum Gasteiger partial charge on any atom is 0.262 e. The van der Waals surface area contributed by atoms with Crippen LogP contribution in [0.15, 0.2) is 33.2 Å². The average molecular weight is 274 g/mol. The Hall–Kier alpha value is -0.890. The van der Waals surface area contributed by atoms with Crippen LogP contribution in [0.3, 0.4) is 0 Å². The minimum Gasteiger partial charge on any atom is -0.326 e. The van der Waals surface area contributed by atoms with Crippen LogP contribution in [0.5, 0.6) is 0 Å². The van der Waals surface area contributed by atoms with Gasteiger partial charge in [-0.2, -0.15) is 11.3 Å². The normalized spacial score (nSPS) is 11.6. The van der Waals surface area contributed by atoms with Gasteiger partial charge in [0.05, 0.1) is 10.6 Å². The van der Waals surface area contributed by atoms with E-state index in [9.17, 15) is 8.42 Å². The lowest BCUT2D eigenvalue weighted by atomic mass is 10.5. The van der Waals surface area contributed by atoms with Crippen LogP contribution in [0, 0.1) is 0 Å². The largest absolute Gasteiger partial charge is 0.326 e. The Bertz CT molecular complexity index is 557. The number of nitrogens with one attached hydrogen (secondary N) is 1. The van der Waals surface area contributed by atoms with Crippen LogP contribution in [-0.2, 0) is 16.6 Å². The molecule has 0 aliphatic heterocycles. The molecule has 0 amide bonds. The molecule has 2 rings (SSSR count). The van der Waals surface area contributed by atoms with Gasteiger partial charge in [-0.15, -0.1) is 11.3 Å². The molecular formula is C9H10N2O2S3. The van der Waals surface area contributed by atoms with Crippen molar-refractivity contribution in [1.29, 1.82) is 0 Å². The van der Waals surface area contributed by atoms with Gasteiger partial charge in [0.1, 0.15) is 0 Å². The molecule has 2 aromatic rings. The molecule has 16 heavy (non-hydrogen) atoms. The van der Waals surface area contributed by atoms with Crippen molar-refractivity contribution < 1.29 is 8.42 Å². The number of sulfonamides is 1. The van der Waals surface area contributed by atoms with Crippen molar-refractivity contribution in [2.24, 2.45) is 5.73 Å². The molecule has 0 saturated carbocycles. The molecule has 0 saturated heterocycles. The molecule has 3 N–H and O–H groups in total. The quantitative estimate of drug-likeness (QED) is 0.896. The monoisotopic (exact) mass is 274 g/mol. The van der Waals surface area contributed by atoms with Gasteiger partial charge in [-0.3, -0.25) is 4.72 Å². The molecule has 0 aliphatic carbocycles. The summed E-state index contributed by atoms with van der Waals surface area (Å²) in [4.78, 5) is 1.12. The molecule has 2 heterocycles. The molecule has 0 radical (unpaired) electrons. The Morgan fingerprint density at radius 2 is 2.19 bits per heavy atom. The van der Waals surface area contributed by atoms with Gasteiger partial charge in [0.15, 0.2) is 0 Å². The van der Waals surface area contributed by atoms with E-state index in [1.54, 1.807) is 22.9 Å². The summed E-state index contributed by atoms with van der Waals surface area (Å²) >= 11 is 2.79. The van der Waals surface area contributed by atoms with E-state index in [-0.39, 0.29) is 4.90 Å². The smallest absolute Gasteiger partial charge is 0.262 e. The Balaban J connectivity index is 2.25. The zero-order chi connectivity index (χ0) is 11.6. The van der Waals surface area contributed by atoms with E-state index in [0.717, 1.165) is 4.88 Å². The lowest BCUT2D eigenvalue weighted by Gasteiger charge is -2.02. The lowest BCUT2D eigenvalue weighted by Crippen LogP contribution is -2.11. The molecule has 0 bridgehead atoms. The van der Waals surface area contributed by atoms with Gasteiger partial charge in [0, 0.05) is 22.2 Å². The molecule has 0 aromatic carbocycles. The van der Waals surface area contributed by atoms with E-state index < -0.39 is 10.0 Å². The second-order valence-electron chi connectivity index (χ2n) is 3.07. The van der Waals surface area contributed by atoms with Gasteiger partial charge in [-0.05, 0) is 17.5 Å². The SMILES string of the molecule is NCc1cc(S(=O)(=O)Nc2ccsc2)cs1. The van der Waals surface area contributed by atoms with E-state index in [4.69, 9.17) is 5.73 Å². The molecule has 4 nitrogen and oxygen atoms in total. The van der Waals surface area contributed by atoms with E-state index in [0.29, 0.717) is 12.2 Å². The summed E-state index contributed by atoms with van der Waals surface area (Å²) in [6.45, 7) is 0.360. The molecule has 0 aliphatic rings. The Morgan fingerprint density at radius 3 is 2.75 bits per heavy atom. The van der Waals surface area contributed by atoms with Crippen LogP contribution < -0.4 is 10.5 Å². The second-order valence-corrected chi connectivity index (χ2v) is 6.53. The summed E-state index contributed by atoms with van der Waals surface area (Å²) < 4.78 is 26.3. The zero-order valence-electron chi connectivity index (χ0n) is 8.21. The second kappa shape index (κ2) is 4.54. The first kappa shape index (κ1) is 11.6. The Labute approximate surface area is 102 Å². The highest BCUT2D eigenvalue weighted by Gasteiger charge is 2.16. The fourth-order valence-electron chi connectivity index (χ4n) is 1.15. The predicted octanol–water partition coefficient (Wildman–Crippen LogP) is 2.07. The van der Waals surface area contributed by atoms with Crippen LogP contribution in [0.4, 0.5) is 5.69 Å². The van der Waals surface area contributed by atoms with E-state index in [2.05, 4.69) is 4.72 Å². The number of thiophene rings is 2. The van der Waals surface area contributed by atoms with E-state index in [1.807, 2.05) is 5.38 Å². The van der Waals surface area contributed by atoms with Gasteiger partial charge in [-0.1, -0.05) is 0 Å². The Morgan fingerprint density at radius 1 is 1.38 bits per heavy atom. The third-order valence-electron chi connectivity index (χ3n) is 1.91. The molecule has 86 valence electrons. The lowest BCUT2D eigenvalue weighted by molar-refractivity contribution is 0.601. The first-order valence-electron chi connectivity index (χ1n) is 4.44. The Kier molecular flexibility index (Phi) is 3.29. The maximum absolute atomic E-state index is 11.9. The highest BCUT2D eigenvalue weighted by Crippen LogP contribution is 2.22. The summed E-state index contributed by atoms with van der Waals surface area (Å²) in [5.74, 6) is 0. The van der Waals surface area contributed by atoms with Crippen molar-refractivity contribution in [1.82, 2.24) is 0 Å². The molecule has 0 atom stereocenters. The van der Waals surface area contributed by atoms with Crippen LogP contribution in [0.25, 0.3) is 0 Å². The molecule has 2 aromatic heterocycles. The van der Waals surface area contributed by atoms with Gasteiger partial charge in [0.25, 0.3) is 10.0 Å². The van der Waals surface area contributed by atoms with Crippen LogP contribution in [-0.4, -0.2) is 8.42 Å². The third-order valence-corrected chi connectivity index (χ3v) is 5.07. The average Bonchev–Trinajstić information content (AvgIpc) is 2.85. The molecule has 0 spiro atoms. The fraction of sp³-hybridized carbons (Fsp3) is 0.111. The van der Waals surface area contributed by atoms with Crippen LogP contribution in [0.2, 0.25) is 0 Å². The van der Waals surface area contributed by atoms with Gasteiger partial charge in [-0.25, -0.2) is 8.42 Å². The fourth-order valence-corrected chi connectivity index (χ4v) is 4.01. The van der Waals surface area contributed by atoms with Crippen molar-refractivity contribution in [3.05, 3.63) is 33.2 Å². The number of nitrogens with two attached hydrogens (primary N) is 1. The van der Waals surface area contributed by atoms with E-state index >= 15 is 0 Å². The number of hydrogen-bond donors (Lipinski definition) is 2. The molecule has 0 fully saturated rings. The summed E-state index contributed by atoms with van der Waals surface area (Å²) in [6.07, 6.45) is 0. The topological polar surface area (TPSA) is 72.2 Å².